The summed E-state index contributed by atoms with van der Waals surface area (Å²) in [5.41, 5.74) is 2.55. The zero-order valence-electron chi connectivity index (χ0n) is 17.1. The Morgan fingerprint density at radius 3 is 2.23 bits per heavy atom. The summed E-state index contributed by atoms with van der Waals surface area (Å²) in [5, 5.41) is 3.73. The van der Waals surface area contributed by atoms with Gasteiger partial charge in [0.15, 0.2) is 0 Å². The summed E-state index contributed by atoms with van der Waals surface area (Å²) < 4.78 is 66.9. The van der Waals surface area contributed by atoms with E-state index in [4.69, 9.17) is 11.6 Å². The molecule has 2 aromatic rings. The highest BCUT2D eigenvalue weighted by Crippen LogP contribution is 3.02. The molecule has 1 N–H and O–H groups in total. The van der Waals surface area contributed by atoms with E-state index in [1.165, 1.54) is 6.07 Å². The largest absolute Gasteiger partial charge is 0.359 e. The van der Waals surface area contributed by atoms with Gasteiger partial charge in [0.05, 0.1) is 0 Å². The van der Waals surface area contributed by atoms with E-state index in [0.717, 1.165) is 11.1 Å². The van der Waals surface area contributed by atoms with Crippen molar-refractivity contribution in [3.8, 4) is 0 Å². The van der Waals surface area contributed by atoms with E-state index in [2.05, 4.69) is 34.4 Å². The monoisotopic (exact) mass is 541 g/mol. The van der Waals surface area contributed by atoms with Gasteiger partial charge in [-0.25, -0.2) is 0 Å². The highest BCUT2D eigenvalue weighted by molar-refractivity contribution is 9.10. The number of halogens is 7. The average molecular weight is 543 g/mol. The van der Waals surface area contributed by atoms with Crippen molar-refractivity contribution in [2.75, 3.05) is 5.32 Å². The first-order chi connectivity index (χ1) is 13.8. The van der Waals surface area contributed by atoms with Crippen LogP contribution in [0.2, 0.25) is 5.02 Å². The fraction of sp³-hybridized carbons (Fsp3) is 0.273. The quantitative estimate of drug-likeness (QED) is 0.358. The number of hydrogen-bond donors (Lipinski definition) is 1. The predicted molar refractivity (Wildman–Crippen MR) is 124 cm³/mol. The first-order valence-electron chi connectivity index (χ1n) is 9.27. The summed E-state index contributed by atoms with van der Waals surface area (Å²) in [4.78, 5) is -1.90. The van der Waals surface area contributed by atoms with Gasteiger partial charge in [-0.05, 0) is 71.4 Å². The molecule has 31 heavy (non-hydrogen) atoms. The molecule has 9 heteroatoms. The molecule has 0 saturated heterocycles. The second-order valence-corrected chi connectivity index (χ2v) is 12.3. The molecule has 1 aliphatic carbocycles. The molecule has 1 fully saturated rings. The van der Waals surface area contributed by atoms with Crippen LogP contribution in [0.15, 0.2) is 64.6 Å². The van der Waals surface area contributed by atoms with Gasteiger partial charge < -0.3 is 5.32 Å². The fourth-order valence-electron chi connectivity index (χ4n) is 4.09. The Morgan fingerprint density at radius 2 is 1.68 bits per heavy atom. The van der Waals surface area contributed by atoms with Gasteiger partial charge >= 0.3 is 10.2 Å². The molecule has 0 bridgehead atoms. The van der Waals surface area contributed by atoms with Crippen molar-refractivity contribution in [3.05, 3.63) is 75.9 Å². The van der Waals surface area contributed by atoms with Gasteiger partial charge in [0, 0.05) is 26.8 Å². The molecule has 0 spiro atoms. The Hall–Kier alpha value is -1.51. The van der Waals surface area contributed by atoms with Crippen LogP contribution in [0.4, 0.5) is 25.1 Å². The van der Waals surface area contributed by atoms with E-state index in [9.17, 15) is 19.4 Å². The Balaban J connectivity index is 1.92. The first-order valence-corrected chi connectivity index (χ1v) is 12.4. The van der Waals surface area contributed by atoms with Crippen LogP contribution in [-0.2, 0) is 0 Å². The van der Waals surface area contributed by atoms with Crippen molar-refractivity contribution in [2.45, 2.75) is 31.6 Å². The van der Waals surface area contributed by atoms with Crippen molar-refractivity contribution in [1.82, 2.24) is 0 Å². The zero-order chi connectivity index (χ0) is 23.6. The molecule has 0 aliphatic heterocycles. The number of hydrogen-bond acceptors (Lipinski definition) is 1. The Kier molecular flexibility index (Phi) is 5.25. The number of benzene rings is 2. The molecule has 2 aromatic carbocycles. The van der Waals surface area contributed by atoms with E-state index in [1.54, 1.807) is 12.1 Å². The minimum absolute atomic E-state index is 0.0444. The van der Waals surface area contributed by atoms with Crippen LogP contribution in [-0.4, -0.2) is 0 Å². The van der Waals surface area contributed by atoms with Gasteiger partial charge in [-0.3, -0.25) is 0 Å². The lowest BCUT2D eigenvalue weighted by Gasteiger charge is -2.40. The van der Waals surface area contributed by atoms with Crippen molar-refractivity contribution in [2.24, 2.45) is 11.3 Å². The molecule has 170 valence electrons. The van der Waals surface area contributed by atoms with Gasteiger partial charge in [0.2, 0.25) is 0 Å². The maximum atomic E-state index is 13.4. The van der Waals surface area contributed by atoms with Crippen molar-refractivity contribution in [3.63, 3.8) is 0 Å². The Bertz CT molecular complexity index is 1110. The molecule has 0 amide bonds. The topological polar surface area (TPSA) is 12.0 Å². The van der Waals surface area contributed by atoms with Gasteiger partial charge in [-0.1, -0.05) is 74.0 Å². The van der Waals surface area contributed by atoms with Crippen LogP contribution in [0.3, 0.4) is 0 Å². The van der Waals surface area contributed by atoms with E-state index in [-0.39, 0.29) is 16.0 Å². The molecule has 0 heterocycles. The van der Waals surface area contributed by atoms with E-state index in [0.29, 0.717) is 28.5 Å². The summed E-state index contributed by atoms with van der Waals surface area (Å²) in [7, 11) is -9.80. The average Bonchev–Trinajstić information content (AvgIpc) is 3.16. The minimum Gasteiger partial charge on any atom is -0.359 e. The third-order valence-corrected chi connectivity index (χ3v) is 7.55. The smallest absolute Gasteiger partial charge is 0.310 e. The van der Waals surface area contributed by atoms with Crippen LogP contribution in [0.25, 0.3) is 5.57 Å². The van der Waals surface area contributed by atoms with Crippen molar-refractivity contribution >= 4 is 49.0 Å². The highest BCUT2D eigenvalue weighted by Gasteiger charge is 2.66. The minimum atomic E-state index is -9.80. The molecule has 0 aromatic heterocycles. The third-order valence-electron chi connectivity index (χ3n) is 5.63. The predicted octanol–water partition coefficient (Wildman–Crippen LogP) is 10.2. The SMILES string of the molecule is C=C(C)c1cc(NC(=C)C2C(c3cc(Br)cc(S(F)(F)(F)(F)F)c3)C2(C)C)ccc1Cl. The van der Waals surface area contributed by atoms with Crippen LogP contribution in [0, 0.1) is 11.3 Å². The second-order valence-electron chi connectivity index (χ2n) is 8.59. The molecule has 2 atom stereocenters. The maximum Gasteiger partial charge on any atom is 0.310 e. The molecule has 2 unspecified atom stereocenters. The molecule has 1 saturated carbocycles. The highest BCUT2D eigenvalue weighted by atomic mass is 79.9. The number of rotatable bonds is 6. The Morgan fingerprint density at radius 1 is 1.06 bits per heavy atom. The van der Waals surface area contributed by atoms with Crippen LogP contribution in [0.1, 0.15) is 37.8 Å². The van der Waals surface area contributed by atoms with Crippen LogP contribution < -0.4 is 5.32 Å². The number of allylic oxidation sites excluding steroid dienone is 2. The summed E-state index contributed by atoms with van der Waals surface area (Å²) in [5.74, 6) is -0.659. The van der Waals surface area contributed by atoms with Crippen LogP contribution >= 0.6 is 37.8 Å². The first kappa shape index (κ1) is 24.1. The molecule has 0 radical (unpaired) electrons. The molecule has 1 aliphatic rings. The van der Waals surface area contributed by atoms with Gasteiger partial charge in [0.25, 0.3) is 0 Å². The lowest BCUT2D eigenvalue weighted by Crippen LogP contribution is -2.07. The summed E-state index contributed by atoms with van der Waals surface area (Å²) >= 11 is 9.13. The summed E-state index contributed by atoms with van der Waals surface area (Å²) in [6.45, 7) is 13.5. The normalized spacial score (nSPS) is 22.3. The maximum absolute atomic E-state index is 13.4. The molecular formula is C22H22BrClF5NS. The lowest BCUT2D eigenvalue weighted by atomic mass is 10.0. The second kappa shape index (κ2) is 6.75. The number of anilines is 1. The van der Waals surface area contributed by atoms with Gasteiger partial charge in [-0.15, -0.1) is 0 Å². The summed E-state index contributed by atoms with van der Waals surface area (Å²) in [6, 6.07) is 7.73. The van der Waals surface area contributed by atoms with E-state index >= 15 is 0 Å². The van der Waals surface area contributed by atoms with E-state index in [1.807, 2.05) is 26.8 Å². The molecule has 1 nitrogen and oxygen atoms in total. The fourth-order valence-corrected chi connectivity index (χ4v) is 5.74. The van der Waals surface area contributed by atoms with Crippen molar-refractivity contribution in [1.29, 1.82) is 0 Å². The van der Waals surface area contributed by atoms with Crippen LogP contribution in [0.5, 0.6) is 0 Å². The van der Waals surface area contributed by atoms with Gasteiger partial charge in [0.1, 0.15) is 4.90 Å². The van der Waals surface area contributed by atoms with Gasteiger partial charge in [-0.2, -0.15) is 0 Å². The molecule has 3 rings (SSSR count). The van der Waals surface area contributed by atoms with E-state index < -0.39 is 26.5 Å². The number of nitrogens with one attached hydrogen (secondary N) is 1. The zero-order valence-corrected chi connectivity index (χ0v) is 20.2. The Labute approximate surface area is 192 Å². The lowest BCUT2D eigenvalue weighted by molar-refractivity contribution is 0.363. The molecular weight excluding hydrogens is 521 g/mol. The van der Waals surface area contributed by atoms with Crippen molar-refractivity contribution < 1.29 is 19.4 Å². The standard InChI is InChI=1S/C22H22BrClF5NS/c1-12(2)18-11-16(6-7-19(18)24)30-13(3)20-21(22(20,4)5)14-8-15(23)10-17(9-14)31(25,26,27,28)29/h6-11,20-21,30H,1,3H2,2,4-5H3. The third kappa shape index (κ3) is 4.96. The summed E-state index contributed by atoms with van der Waals surface area (Å²) in [6.07, 6.45) is 0.